The van der Waals surface area contributed by atoms with Gasteiger partial charge in [0, 0.05) is 36.4 Å². The van der Waals surface area contributed by atoms with E-state index >= 15 is 0 Å². The number of nitrogens with zero attached hydrogens (tertiary/aromatic N) is 3. The Kier molecular flexibility index (Phi) is 3.05. The second-order valence-corrected chi connectivity index (χ2v) is 7.09. The fourth-order valence-corrected chi connectivity index (χ4v) is 4.27. The molecule has 0 fully saturated rings. The van der Waals surface area contributed by atoms with Crippen molar-refractivity contribution >= 4 is 10.9 Å². The molecule has 0 spiro atoms. The van der Waals surface area contributed by atoms with Crippen LogP contribution >= 0.6 is 0 Å². The third kappa shape index (κ3) is 2.03. The Labute approximate surface area is 141 Å². The molecule has 122 valence electrons. The summed E-state index contributed by atoms with van der Waals surface area (Å²) in [5.41, 5.74) is 6.70. The first-order chi connectivity index (χ1) is 11.7. The zero-order chi connectivity index (χ0) is 16.3. The van der Waals surface area contributed by atoms with Gasteiger partial charge in [0.1, 0.15) is 12.2 Å². The lowest BCUT2D eigenvalue weighted by Crippen LogP contribution is -2.37. The van der Waals surface area contributed by atoms with Gasteiger partial charge in [-0.05, 0) is 49.4 Å². The number of ether oxygens (including phenoxy) is 1. The molecule has 1 aromatic carbocycles. The van der Waals surface area contributed by atoms with Crippen LogP contribution in [0, 0.1) is 6.92 Å². The molecule has 24 heavy (non-hydrogen) atoms. The molecule has 4 heterocycles. The predicted octanol–water partition coefficient (Wildman–Crippen LogP) is 3.60. The minimum atomic E-state index is 0.0850. The Morgan fingerprint density at radius 3 is 2.75 bits per heavy atom. The maximum Gasteiger partial charge on any atom is 0.111 e. The third-order valence-corrected chi connectivity index (χ3v) is 5.33. The molecular weight excluding hydrogens is 298 g/mol. The molecule has 5 rings (SSSR count). The van der Waals surface area contributed by atoms with Gasteiger partial charge in [0.2, 0.25) is 0 Å². The number of benzene rings is 1. The van der Waals surface area contributed by atoms with E-state index in [4.69, 9.17) is 4.74 Å². The molecule has 2 aromatic heterocycles. The zero-order valence-corrected chi connectivity index (χ0v) is 14.1. The minimum Gasteiger partial charge on any atom is -0.361 e. The summed E-state index contributed by atoms with van der Waals surface area (Å²) in [5.74, 6) is 0. The van der Waals surface area contributed by atoms with Gasteiger partial charge in [-0.1, -0.05) is 11.6 Å². The molecule has 4 heteroatoms. The number of likely N-dealkylation sites (N-methyl/N-ethyl adjacent to an activating group) is 1. The summed E-state index contributed by atoms with van der Waals surface area (Å²) >= 11 is 0. The average Bonchev–Trinajstić information content (AvgIpc) is 2.90. The van der Waals surface area contributed by atoms with Gasteiger partial charge in [0.15, 0.2) is 0 Å². The van der Waals surface area contributed by atoms with Gasteiger partial charge in [0.05, 0.1) is 12.2 Å². The third-order valence-electron chi connectivity index (χ3n) is 5.33. The van der Waals surface area contributed by atoms with Crippen molar-refractivity contribution < 1.29 is 4.74 Å². The van der Waals surface area contributed by atoms with Gasteiger partial charge < -0.3 is 9.30 Å². The molecule has 2 aliphatic heterocycles. The fourth-order valence-electron chi connectivity index (χ4n) is 4.27. The monoisotopic (exact) mass is 319 g/mol. The van der Waals surface area contributed by atoms with Crippen LogP contribution in [-0.2, 0) is 17.8 Å². The first kappa shape index (κ1) is 14.2. The molecule has 0 amide bonds. The normalized spacial score (nSPS) is 23.4. The number of fused-ring (bicyclic) bond motifs is 3. The minimum absolute atomic E-state index is 0.0850. The van der Waals surface area contributed by atoms with E-state index in [1.807, 2.05) is 12.4 Å². The van der Waals surface area contributed by atoms with Crippen LogP contribution in [0.2, 0.25) is 0 Å². The molecule has 2 unspecified atom stereocenters. The van der Waals surface area contributed by atoms with Crippen LogP contribution in [0.25, 0.3) is 10.9 Å². The lowest BCUT2D eigenvalue weighted by atomic mass is 10.00. The summed E-state index contributed by atoms with van der Waals surface area (Å²) in [6.07, 6.45) is 3.92. The number of hydrogen-bond donors (Lipinski definition) is 0. The van der Waals surface area contributed by atoms with E-state index in [2.05, 4.69) is 58.8 Å². The van der Waals surface area contributed by atoms with E-state index in [1.165, 1.54) is 33.3 Å². The van der Waals surface area contributed by atoms with Crippen LogP contribution in [0.5, 0.6) is 0 Å². The van der Waals surface area contributed by atoms with Crippen LogP contribution in [0.4, 0.5) is 0 Å². The Bertz CT molecular complexity index is 916. The zero-order valence-electron chi connectivity index (χ0n) is 14.1. The van der Waals surface area contributed by atoms with Gasteiger partial charge in [-0.3, -0.25) is 9.88 Å². The van der Waals surface area contributed by atoms with Crippen molar-refractivity contribution in [2.75, 3.05) is 13.6 Å². The predicted molar refractivity (Wildman–Crippen MR) is 93.8 cm³/mol. The SMILES string of the molecule is Cc1ccc2c(c1)c1c3n2CC(c2ccncc2)OC3CN(C)C1. The lowest BCUT2D eigenvalue weighted by Gasteiger charge is -2.38. The van der Waals surface area contributed by atoms with E-state index in [-0.39, 0.29) is 12.2 Å². The Morgan fingerprint density at radius 2 is 1.92 bits per heavy atom. The largest absolute Gasteiger partial charge is 0.361 e. The Morgan fingerprint density at radius 1 is 1.08 bits per heavy atom. The van der Waals surface area contributed by atoms with E-state index in [0.717, 1.165) is 19.6 Å². The summed E-state index contributed by atoms with van der Waals surface area (Å²) in [6, 6.07) is 11.0. The summed E-state index contributed by atoms with van der Waals surface area (Å²) in [6.45, 7) is 4.99. The highest BCUT2D eigenvalue weighted by Gasteiger charge is 2.36. The maximum atomic E-state index is 6.52. The maximum absolute atomic E-state index is 6.52. The van der Waals surface area contributed by atoms with E-state index in [1.54, 1.807) is 0 Å². The van der Waals surface area contributed by atoms with Crippen LogP contribution < -0.4 is 0 Å². The molecule has 0 saturated heterocycles. The average molecular weight is 319 g/mol. The topological polar surface area (TPSA) is 30.3 Å². The molecule has 0 saturated carbocycles. The van der Waals surface area contributed by atoms with Crippen LogP contribution in [-0.4, -0.2) is 28.0 Å². The first-order valence-corrected chi connectivity index (χ1v) is 8.56. The van der Waals surface area contributed by atoms with Crippen molar-refractivity contribution in [3.05, 3.63) is 65.1 Å². The summed E-state index contributed by atoms with van der Waals surface area (Å²) in [4.78, 5) is 6.51. The molecule has 0 N–H and O–H groups in total. The van der Waals surface area contributed by atoms with Crippen molar-refractivity contribution in [1.82, 2.24) is 14.5 Å². The molecule has 2 atom stereocenters. The van der Waals surface area contributed by atoms with Gasteiger partial charge in [0.25, 0.3) is 0 Å². The standard InChI is InChI=1S/C20H21N3O/c1-13-3-4-17-15(9-13)16-10-22(2)11-19-20(16)23(17)12-18(24-19)14-5-7-21-8-6-14/h3-9,18-19H,10-12H2,1-2H3. The number of pyridine rings is 1. The Balaban J connectivity index is 1.71. The second-order valence-electron chi connectivity index (χ2n) is 7.09. The smallest absolute Gasteiger partial charge is 0.111 e. The summed E-state index contributed by atoms with van der Waals surface area (Å²) < 4.78 is 9.02. The molecule has 4 nitrogen and oxygen atoms in total. The molecule has 0 aliphatic carbocycles. The number of hydrogen-bond acceptors (Lipinski definition) is 3. The van der Waals surface area contributed by atoms with Gasteiger partial charge in [-0.25, -0.2) is 0 Å². The van der Waals surface area contributed by atoms with Crippen molar-refractivity contribution in [1.29, 1.82) is 0 Å². The van der Waals surface area contributed by atoms with Crippen LogP contribution in [0.3, 0.4) is 0 Å². The molecule has 0 bridgehead atoms. The van der Waals surface area contributed by atoms with Crippen molar-refractivity contribution in [2.24, 2.45) is 0 Å². The van der Waals surface area contributed by atoms with E-state index in [9.17, 15) is 0 Å². The molecule has 3 aromatic rings. The van der Waals surface area contributed by atoms with E-state index < -0.39 is 0 Å². The summed E-state index contributed by atoms with van der Waals surface area (Å²) in [7, 11) is 2.18. The van der Waals surface area contributed by atoms with Gasteiger partial charge in [-0.15, -0.1) is 0 Å². The molecule has 0 radical (unpaired) electrons. The number of aryl methyl sites for hydroxylation is 1. The van der Waals surface area contributed by atoms with Crippen molar-refractivity contribution in [3.63, 3.8) is 0 Å². The van der Waals surface area contributed by atoms with Crippen LogP contribution in [0.1, 0.15) is 34.6 Å². The lowest BCUT2D eigenvalue weighted by molar-refractivity contribution is -0.0671. The van der Waals surface area contributed by atoms with Crippen LogP contribution in [0.15, 0.2) is 42.7 Å². The first-order valence-electron chi connectivity index (χ1n) is 8.56. The number of aromatic nitrogens is 2. The van der Waals surface area contributed by atoms with E-state index in [0.29, 0.717) is 0 Å². The highest BCUT2D eigenvalue weighted by Crippen LogP contribution is 2.43. The highest BCUT2D eigenvalue weighted by molar-refractivity contribution is 5.87. The fraction of sp³-hybridized carbons (Fsp3) is 0.350. The number of rotatable bonds is 1. The highest BCUT2D eigenvalue weighted by atomic mass is 16.5. The van der Waals surface area contributed by atoms with Crippen molar-refractivity contribution in [2.45, 2.75) is 32.2 Å². The molecular formula is C20H21N3O. The Hall–Kier alpha value is -2.17. The van der Waals surface area contributed by atoms with Gasteiger partial charge >= 0.3 is 0 Å². The summed E-state index contributed by atoms with van der Waals surface area (Å²) in [5, 5.41) is 1.39. The quantitative estimate of drug-likeness (QED) is 0.686. The van der Waals surface area contributed by atoms with Crippen molar-refractivity contribution in [3.8, 4) is 0 Å². The second kappa shape index (κ2) is 5.16. The van der Waals surface area contributed by atoms with Gasteiger partial charge in [-0.2, -0.15) is 0 Å². The molecule has 2 aliphatic rings.